The molecule has 2 rings (SSSR count). The van der Waals surface area contributed by atoms with Gasteiger partial charge in [-0.25, -0.2) is 4.98 Å². The normalized spacial score (nSPS) is 11.5. The number of nitriles is 1. The predicted octanol–water partition coefficient (Wildman–Crippen LogP) is 4.57. The topological polar surface area (TPSA) is 49.6 Å². The zero-order valence-electron chi connectivity index (χ0n) is 10.0. The van der Waals surface area contributed by atoms with Crippen molar-refractivity contribution in [3.8, 4) is 6.07 Å². The van der Waals surface area contributed by atoms with Gasteiger partial charge >= 0.3 is 0 Å². The Morgan fingerprint density at radius 1 is 1.44 bits per heavy atom. The first kappa shape index (κ1) is 13.8. The fraction of sp³-hybridized carbons (Fsp3) is 0.364. The summed E-state index contributed by atoms with van der Waals surface area (Å²) in [7, 11) is 0. The average Bonchev–Trinajstić information content (AvgIpc) is 2.86. The third-order valence-electron chi connectivity index (χ3n) is 2.13. The molecule has 0 aliphatic carbocycles. The molecule has 18 heavy (non-hydrogen) atoms. The van der Waals surface area contributed by atoms with Crippen LogP contribution < -0.4 is 0 Å². The summed E-state index contributed by atoms with van der Waals surface area (Å²) in [5.41, 5.74) is 0.541. The lowest BCUT2D eigenvalue weighted by Gasteiger charge is -2.14. The second kappa shape index (κ2) is 5.17. The summed E-state index contributed by atoms with van der Waals surface area (Å²) in [5.74, 6) is 0. The molecule has 0 fully saturated rings. The number of hydrogen-bond donors (Lipinski definition) is 0. The highest BCUT2D eigenvalue weighted by atomic mass is 35.5. The van der Waals surface area contributed by atoms with Gasteiger partial charge in [-0.3, -0.25) is 0 Å². The van der Waals surface area contributed by atoms with E-state index in [0.29, 0.717) is 5.56 Å². The van der Waals surface area contributed by atoms with E-state index >= 15 is 0 Å². The maximum atomic E-state index is 9.00. The standard InChI is InChI=1S/C11H10ClN3S3/c1-11(2,3)7-5-14-10(16-7)17-9-6(4-13)8(12)15-18-9/h5H,1-3H3. The van der Waals surface area contributed by atoms with Gasteiger partial charge in [0.05, 0.1) is 0 Å². The number of aromatic nitrogens is 2. The van der Waals surface area contributed by atoms with Crippen molar-refractivity contribution >= 4 is 46.2 Å². The summed E-state index contributed by atoms with van der Waals surface area (Å²) >= 11 is 10.2. The first-order valence-electron chi connectivity index (χ1n) is 5.11. The molecular formula is C11H10ClN3S3. The second-order valence-corrected chi connectivity index (χ2v) is 8.27. The minimum Gasteiger partial charge on any atom is -0.237 e. The molecule has 0 saturated carbocycles. The van der Waals surface area contributed by atoms with Gasteiger partial charge in [-0.15, -0.1) is 11.3 Å². The van der Waals surface area contributed by atoms with E-state index in [9.17, 15) is 0 Å². The summed E-state index contributed by atoms with van der Waals surface area (Å²) in [4.78, 5) is 5.59. The van der Waals surface area contributed by atoms with Crippen LogP contribution in [0.2, 0.25) is 5.15 Å². The molecule has 0 atom stereocenters. The largest absolute Gasteiger partial charge is 0.237 e. The third kappa shape index (κ3) is 2.86. The van der Waals surface area contributed by atoms with Gasteiger partial charge in [0, 0.05) is 11.1 Å². The molecule has 0 bridgehead atoms. The monoisotopic (exact) mass is 315 g/mol. The molecule has 0 radical (unpaired) electrons. The van der Waals surface area contributed by atoms with E-state index in [1.54, 1.807) is 11.3 Å². The zero-order valence-corrected chi connectivity index (χ0v) is 13.2. The highest BCUT2D eigenvalue weighted by Gasteiger charge is 2.19. The van der Waals surface area contributed by atoms with Crippen molar-refractivity contribution < 1.29 is 0 Å². The summed E-state index contributed by atoms with van der Waals surface area (Å²) < 4.78 is 5.70. The molecule has 0 aromatic carbocycles. The Morgan fingerprint density at radius 3 is 2.72 bits per heavy atom. The van der Waals surface area contributed by atoms with Crippen molar-refractivity contribution in [2.45, 2.75) is 34.7 Å². The first-order valence-corrected chi connectivity index (χ1v) is 7.89. The van der Waals surface area contributed by atoms with Crippen molar-refractivity contribution in [1.82, 2.24) is 9.36 Å². The van der Waals surface area contributed by atoms with E-state index in [4.69, 9.17) is 16.9 Å². The van der Waals surface area contributed by atoms with Crippen molar-refractivity contribution in [2.24, 2.45) is 0 Å². The Bertz CT molecular complexity index is 604. The average molecular weight is 316 g/mol. The molecule has 0 unspecified atom stereocenters. The Kier molecular flexibility index (Phi) is 3.97. The number of halogens is 1. The number of nitrogens with zero attached hydrogens (tertiary/aromatic N) is 3. The van der Waals surface area contributed by atoms with Gasteiger partial charge in [-0.1, -0.05) is 32.4 Å². The van der Waals surface area contributed by atoms with Crippen LogP contribution in [0.25, 0.3) is 0 Å². The molecule has 2 aromatic rings. The van der Waals surface area contributed by atoms with E-state index in [0.717, 1.165) is 8.55 Å². The van der Waals surface area contributed by atoms with Crippen molar-refractivity contribution in [3.05, 3.63) is 21.8 Å². The highest BCUT2D eigenvalue weighted by molar-refractivity contribution is 8.02. The SMILES string of the molecule is CC(C)(C)c1cnc(Sc2snc(Cl)c2C#N)s1. The molecule has 0 aliphatic rings. The van der Waals surface area contributed by atoms with Gasteiger partial charge in [-0.2, -0.15) is 9.64 Å². The van der Waals surface area contributed by atoms with Crippen molar-refractivity contribution in [3.63, 3.8) is 0 Å². The van der Waals surface area contributed by atoms with E-state index in [1.807, 2.05) is 6.20 Å². The van der Waals surface area contributed by atoms with Crippen molar-refractivity contribution in [1.29, 1.82) is 5.26 Å². The molecule has 2 aromatic heterocycles. The van der Waals surface area contributed by atoms with E-state index in [2.05, 4.69) is 36.2 Å². The number of rotatable bonds is 2. The van der Waals surface area contributed by atoms with Gasteiger partial charge in [0.2, 0.25) is 0 Å². The summed E-state index contributed by atoms with van der Waals surface area (Å²) in [5, 5.41) is 9.28. The third-order valence-corrected chi connectivity index (χ3v) is 6.01. The van der Waals surface area contributed by atoms with Crippen LogP contribution in [-0.4, -0.2) is 9.36 Å². The van der Waals surface area contributed by atoms with Gasteiger partial charge in [0.25, 0.3) is 0 Å². The van der Waals surface area contributed by atoms with Gasteiger partial charge in [0.1, 0.15) is 15.8 Å². The Balaban J connectivity index is 2.25. The number of thiazole rings is 1. The molecular weight excluding hydrogens is 306 g/mol. The molecule has 7 heteroatoms. The molecule has 0 spiro atoms. The lowest BCUT2D eigenvalue weighted by atomic mass is 9.96. The van der Waals surface area contributed by atoms with Gasteiger partial charge in [-0.05, 0) is 28.7 Å². The summed E-state index contributed by atoms with van der Waals surface area (Å²) in [6.45, 7) is 6.46. The Hall–Kier alpha value is -0.610. The zero-order chi connectivity index (χ0) is 13.3. The van der Waals surface area contributed by atoms with E-state index < -0.39 is 0 Å². The Morgan fingerprint density at radius 2 is 2.17 bits per heavy atom. The van der Waals surface area contributed by atoms with Crippen LogP contribution in [0, 0.1) is 11.3 Å². The highest BCUT2D eigenvalue weighted by Crippen LogP contribution is 2.40. The fourth-order valence-electron chi connectivity index (χ4n) is 1.15. The van der Waals surface area contributed by atoms with Crippen LogP contribution in [-0.2, 0) is 5.41 Å². The second-order valence-electron chi connectivity index (χ2n) is 4.59. The maximum absolute atomic E-state index is 9.00. The molecule has 0 aliphatic heterocycles. The quantitative estimate of drug-likeness (QED) is 0.814. The van der Waals surface area contributed by atoms with E-state index in [-0.39, 0.29) is 10.6 Å². The molecule has 94 valence electrons. The predicted molar refractivity (Wildman–Crippen MR) is 76.8 cm³/mol. The van der Waals surface area contributed by atoms with E-state index in [1.165, 1.54) is 28.2 Å². The summed E-state index contributed by atoms with van der Waals surface area (Å²) in [6.07, 6.45) is 1.89. The van der Waals surface area contributed by atoms with Gasteiger partial charge < -0.3 is 0 Å². The van der Waals surface area contributed by atoms with Crippen LogP contribution in [0.3, 0.4) is 0 Å². The molecule has 0 N–H and O–H groups in total. The summed E-state index contributed by atoms with van der Waals surface area (Å²) in [6, 6.07) is 2.07. The lowest BCUT2D eigenvalue weighted by Crippen LogP contribution is -2.07. The van der Waals surface area contributed by atoms with Crippen LogP contribution in [0.15, 0.2) is 14.7 Å². The minimum absolute atomic E-state index is 0.0971. The van der Waals surface area contributed by atoms with Crippen LogP contribution in [0.1, 0.15) is 31.2 Å². The molecule has 3 nitrogen and oxygen atoms in total. The molecule has 2 heterocycles. The molecule has 0 saturated heterocycles. The lowest BCUT2D eigenvalue weighted by molar-refractivity contribution is 0.602. The molecule has 0 amide bonds. The smallest absolute Gasteiger partial charge is 0.161 e. The minimum atomic E-state index is 0.0971. The maximum Gasteiger partial charge on any atom is 0.161 e. The van der Waals surface area contributed by atoms with Gasteiger partial charge in [0.15, 0.2) is 9.49 Å². The number of hydrogen-bond acceptors (Lipinski definition) is 6. The first-order chi connectivity index (χ1) is 8.41. The van der Waals surface area contributed by atoms with Crippen molar-refractivity contribution in [2.75, 3.05) is 0 Å². The van der Waals surface area contributed by atoms with Crippen LogP contribution in [0.5, 0.6) is 0 Å². The fourth-order valence-corrected chi connectivity index (χ4v) is 4.55. The Labute approximate surface area is 123 Å². The van der Waals surface area contributed by atoms with Crippen LogP contribution >= 0.6 is 46.2 Å². The van der Waals surface area contributed by atoms with Crippen LogP contribution in [0.4, 0.5) is 0 Å².